The van der Waals surface area contributed by atoms with E-state index in [2.05, 4.69) is 5.32 Å². The third-order valence-corrected chi connectivity index (χ3v) is 5.96. The van der Waals surface area contributed by atoms with E-state index in [0.29, 0.717) is 18.0 Å². The van der Waals surface area contributed by atoms with Crippen molar-refractivity contribution in [2.75, 3.05) is 52.6 Å². The van der Waals surface area contributed by atoms with Crippen molar-refractivity contribution in [3.8, 4) is 0 Å². The molecule has 1 aliphatic heterocycles. The van der Waals surface area contributed by atoms with E-state index in [4.69, 9.17) is 21.1 Å². The average molecular weight is 514 g/mol. The number of hydrogen-bond donors (Lipinski definition) is 3. The maximum absolute atomic E-state index is 12.5. The molecule has 196 valence electrons. The van der Waals surface area contributed by atoms with Gasteiger partial charge in [0.2, 0.25) is 5.91 Å². The molecule has 1 aliphatic rings. The summed E-state index contributed by atoms with van der Waals surface area (Å²) in [4.78, 5) is 38.8. The maximum atomic E-state index is 12.5. The summed E-state index contributed by atoms with van der Waals surface area (Å²) in [6.07, 6.45) is -1.75. The van der Waals surface area contributed by atoms with E-state index in [1.807, 2.05) is 32.9 Å². The first-order valence-electron chi connectivity index (χ1n) is 11.7. The second-order valence-electron chi connectivity index (χ2n) is 9.33. The topological polar surface area (TPSA) is 129 Å². The number of aliphatic hydroxyl groups excluding tert-OH is 1. The number of carbonyl (C=O) groups excluding carboxylic acids is 2. The van der Waals surface area contributed by atoms with Gasteiger partial charge in [-0.25, -0.2) is 4.79 Å². The molecule has 10 nitrogen and oxygen atoms in total. The number of carboxylic acid groups (broad SMARTS) is 1. The number of ether oxygens (including phenoxy) is 2. The number of likely N-dealkylation sites (tertiary alicyclic amines) is 1. The Kier molecular flexibility index (Phi) is 11.2. The fraction of sp³-hybridized carbons (Fsp3) is 0.625. The SMILES string of the molecule is CC(C)(C)N(CCOCCOCCN1CC(C(=O)NCCc2ccc(Cl)cc2)C(O)C1=O)C(=O)O. The molecule has 1 aromatic rings. The van der Waals surface area contributed by atoms with Crippen LogP contribution in [0, 0.1) is 5.92 Å². The molecule has 3 amide bonds. The second-order valence-corrected chi connectivity index (χ2v) is 9.77. The van der Waals surface area contributed by atoms with Crippen molar-refractivity contribution < 1.29 is 34.1 Å². The van der Waals surface area contributed by atoms with E-state index >= 15 is 0 Å². The molecule has 0 bridgehead atoms. The van der Waals surface area contributed by atoms with E-state index in [0.717, 1.165) is 5.56 Å². The maximum Gasteiger partial charge on any atom is 0.407 e. The lowest BCUT2D eigenvalue weighted by atomic mass is 10.1. The van der Waals surface area contributed by atoms with E-state index in [-0.39, 0.29) is 52.0 Å². The summed E-state index contributed by atoms with van der Waals surface area (Å²) in [5.74, 6) is -1.67. The van der Waals surface area contributed by atoms with E-state index in [1.165, 1.54) is 9.80 Å². The number of amides is 3. The van der Waals surface area contributed by atoms with Crippen LogP contribution in [0.4, 0.5) is 4.79 Å². The van der Waals surface area contributed by atoms with Crippen molar-refractivity contribution in [1.29, 1.82) is 0 Å². The van der Waals surface area contributed by atoms with Crippen LogP contribution in [0.15, 0.2) is 24.3 Å². The summed E-state index contributed by atoms with van der Waals surface area (Å²) in [5, 5.41) is 22.9. The van der Waals surface area contributed by atoms with Gasteiger partial charge in [0.25, 0.3) is 5.91 Å². The Bertz CT molecular complexity index is 845. The van der Waals surface area contributed by atoms with Gasteiger partial charge in [-0.1, -0.05) is 23.7 Å². The van der Waals surface area contributed by atoms with E-state index < -0.39 is 29.6 Å². The molecule has 0 aromatic heterocycles. The van der Waals surface area contributed by atoms with Crippen LogP contribution in [0.3, 0.4) is 0 Å². The highest BCUT2D eigenvalue weighted by Gasteiger charge is 2.42. The number of benzene rings is 1. The van der Waals surface area contributed by atoms with Gasteiger partial charge in [-0.15, -0.1) is 0 Å². The molecule has 0 radical (unpaired) electrons. The zero-order chi connectivity index (χ0) is 26.0. The first-order chi connectivity index (χ1) is 16.5. The van der Waals surface area contributed by atoms with Gasteiger partial charge >= 0.3 is 6.09 Å². The summed E-state index contributed by atoms with van der Waals surface area (Å²) in [5.41, 5.74) is 0.512. The van der Waals surface area contributed by atoms with Gasteiger partial charge in [-0.3, -0.25) is 9.59 Å². The normalized spacial score (nSPS) is 18.1. The molecule has 1 fully saturated rings. The van der Waals surface area contributed by atoms with Gasteiger partial charge < -0.3 is 34.8 Å². The van der Waals surface area contributed by atoms with Crippen LogP contribution in [0.5, 0.6) is 0 Å². The molecule has 2 unspecified atom stereocenters. The number of hydrogen-bond acceptors (Lipinski definition) is 6. The average Bonchev–Trinajstić information content (AvgIpc) is 3.06. The summed E-state index contributed by atoms with van der Waals surface area (Å²) in [7, 11) is 0. The van der Waals surface area contributed by atoms with Crippen LogP contribution in [-0.4, -0.2) is 102 Å². The lowest BCUT2D eigenvalue weighted by Crippen LogP contribution is -2.46. The lowest BCUT2D eigenvalue weighted by Gasteiger charge is -2.32. The molecule has 1 heterocycles. The predicted octanol–water partition coefficient (Wildman–Crippen LogP) is 1.63. The van der Waals surface area contributed by atoms with Gasteiger partial charge in [-0.2, -0.15) is 0 Å². The molecule has 2 atom stereocenters. The van der Waals surface area contributed by atoms with Crippen molar-refractivity contribution >= 4 is 29.5 Å². The van der Waals surface area contributed by atoms with Gasteiger partial charge in [0.1, 0.15) is 6.10 Å². The highest BCUT2D eigenvalue weighted by atomic mass is 35.5. The first kappa shape index (κ1) is 28.8. The van der Waals surface area contributed by atoms with Gasteiger partial charge in [0.05, 0.1) is 32.3 Å². The van der Waals surface area contributed by atoms with Crippen molar-refractivity contribution in [3.05, 3.63) is 34.9 Å². The highest BCUT2D eigenvalue weighted by molar-refractivity contribution is 6.30. The fourth-order valence-corrected chi connectivity index (χ4v) is 3.82. The minimum Gasteiger partial charge on any atom is -0.465 e. The van der Waals surface area contributed by atoms with Crippen molar-refractivity contribution in [2.24, 2.45) is 5.92 Å². The van der Waals surface area contributed by atoms with Crippen LogP contribution < -0.4 is 5.32 Å². The molecule has 3 N–H and O–H groups in total. The Labute approximate surface area is 211 Å². The van der Waals surface area contributed by atoms with Crippen LogP contribution in [0.25, 0.3) is 0 Å². The minimum atomic E-state index is -1.37. The molecule has 0 saturated carbocycles. The summed E-state index contributed by atoms with van der Waals surface area (Å²) in [6.45, 7) is 7.52. The number of nitrogens with zero attached hydrogens (tertiary/aromatic N) is 2. The molecule has 1 aromatic carbocycles. The third-order valence-electron chi connectivity index (χ3n) is 5.70. The molecular weight excluding hydrogens is 478 g/mol. The Balaban J connectivity index is 1.61. The minimum absolute atomic E-state index is 0.129. The van der Waals surface area contributed by atoms with Gasteiger partial charge in [-0.05, 0) is 44.9 Å². The molecule has 1 saturated heterocycles. The molecule has 11 heteroatoms. The second kappa shape index (κ2) is 13.6. The summed E-state index contributed by atoms with van der Waals surface area (Å²) in [6, 6.07) is 7.33. The number of carbonyl (C=O) groups is 3. The molecule has 0 spiro atoms. The standard InChI is InChI=1S/C24H36ClN3O7/c1-24(2,3)28(23(32)33)11-13-35-15-14-34-12-10-27-16-19(20(29)22(27)31)21(30)26-9-8-17-4-6-18(25)7-5-17/h4-7,19-20,29H,8-16H2,1-3H3,(H,26,30)(H,32,33). The number of halogens is 1. The third kappa shape index (κ3) is 9.29. The fourth-order valence-electron chi connectivity index (χ4n) is 3.70. The van der Waals surface area contributed by atoms with E-state index in [1.54, 1.807) is 12.1 Å². The molecule has 35 heavy (non-hydrogen) atoms. The van der Waals surface area contributed by atoms with E-state index in [9.17, 15) is 24.6 Å². The van der Waals surface area contributed by atoms with Crippen molar-refractivity contribution in [3.63, 3.8) is 0 Å². The van der Waals surface area contributed by atoms with Crippen molar-refractivity contribution in [1.82, 2.24) is 15.1 Å². The summed E-state index contributed by atoms with van der Waals surface area (Å²) >= 11 is 5.86. The van der Waals surface area contributed by atoms with Crippen molar-refractivity contribution in [2.45, 2.75) is 38.8 Å². The smallest absolute Gasteiger partial charge is 0.407 e. The Morgan fingerprint density at radius 3 is 2.37 bits per heavy atom. The Hall–Kier alpha value is -2.40. The Morgan fingerprint density at radius 2 is 1.77 bits per heavy atom. The monoisotopic (exact) mass is 513 g/mol. The largest absolute Gasteiger partial charge is 0.465 e. The summed E-state index contributed by atoms with van der Waals surface area (Å²) < 4.78 is 10.9. The van der Waals surface area contributed by atoms with Crippen LogP contribution >= 0.6 is 11.6 Å². The predicted molar refractivity (Wildman–Crippen MR) is 130 cm³/mol. The van der Waals surface area contributed by atoms with Crippen LogP contribution in [0.2, 0.25) is 5.02 Å². The zero-order valence-electron chi connectivity index (χ0n) is 20.5. The molecule has 0 aliphatic carbocycles. The lowest BCUT2D eigenvalue weighted by molar-refractivity contribution is -0.138. The molecular formula is C24H36ClN3O7. The quantitative estimate of drug-likeness (QED) is 0.342. The first-order valence-corrected chi connectivity index (χ1v) is 12.0. The van der Waals surface area contributed by atoms with Crippen LogP contribution in [-0.2, 0) is 25.5 Å². The highest BCUT2D eigenvalue weighted by Crippen LogP contribution is 2.19. The number of nitrogens with one attached hydrogen (secondary N) is 1. The number of rotatable bonds is 13. The van der Waals surface area contributed by atoms with Gasteiger partial charge in [0, 0.05) is 36.7 Å². The molecule has 2 rings (SSSR count). The number of aliphatic hydroxyl groups is 1. The van der Waals surface area contributed by atoms with Crippen LogP contribution in [0.1, 0.15) is 26.3 Å². The Morgan fingerprint density at radius 1 is 1.14 bits per heavy atom. The zero-order valence-corrected chi connectivity index (χ0v) is 21.3. The van der Waals surface area contributed by atoms with Gasteiger partial charge in [0.15, 0.2) is 0 Å².